The Bertz CT molecular complexity index is 1710. The van der Waals surface area contributed by atoms with E-state index >= 15 is 0 Å². The van der Waals surface area contributed by atoms with E-state index < -0.39 is 29.9 Å². The molecule has 0 radical (unpaired) electrons. The van der Waals surface area contributed by atoms with Crippen molar-refractivity contribution in [1.82, 2.24) is 19.8 Å². The van der Waals surface area contributed by atoms with Gasteiger partial charge in [-0.2, -0.15) is 9.97 Å². The SMILES string of the molecule is [C-]#[N+]C[C@H]1CN(c2nc(OC[C@@H]3[C@H](O)CC(=O)N3C)nc3c2CCN(c2cccc4cccc(Cl)c24)C3)CCN1C(=O)C(=C)F. The fraction of sp³-hybridized carbons (Fsp3) is 0.406. The smallest absolute Gasteiger partial charge is 0.318 e. The highest BCUT2D eigenvalue weighted by Gasteiger charge is 2.38. The summed E-state index contributed by atoms with van der Waals surface area (Å²) >= 11 is 6.66. The van der Waals surface area contributed by atoms with E-state index in [9.17, 15) is 19.1 Å². The normalized spacial score (nSPS) is 21.6. The molecule has 2 aromatic carbocycles. The average molecular weight is 634 g/mol. The number of piperazine rings is 1. The third-order valence-electron chi connectivity index (χ3n) is 8.87. The van der Waals surface area contributed by atoms with E-state index in [0.29, 0.717) is 36.9 Å². The first kappa shape index (κ1) is 30.6. The van der Waals surface area contributed by atoms with Gasteiger partial charge in [-0.3, -0.25) is 9.59 Å². The molecule has 2 saturated heterocycles. The van der Waals surface area contributed by atoms with Crippen molar-refractivity contribution in [3.05, 3.63) is 76.5 Å². The molecule has 1 aromatic heterocycles. The fourth-order valence-electron chi connectivity index (χ4n) is 6.48. The lowest BCUT2D eigenvalue weighted by Crippen LogP contribution is -2.57. The molecule has 2 fully saturated rings. The van der Waals surface area contributed by atoms with Gasteiger partial charge in [0.05, 0.1) is 35.8 Å². The van der Waals surface area contributed by atoms with Crippen LogP contribution >= 0.6 is 11.6 Å². The molecule has 11 nitrogen and oxygen atoms in total. The highest BCUT2D eigenvalue weighted by molar-refractivity contribution is 6.36. The Morgan fingerprint density at radius 2 is 1.98 bits per heavy atom. The van der Waals surface area contributed by atoms with Crippen molar-refractivity contribution in [2.24, 2.45) is 0 Å². The molecule has 3 atom stereocenters. The second kappa shape index (κ2) is 12.5. The number of hydrogen-bond donors (Lipinski definition) is 1. The number of halogens is 2. The Balaban J connectivity index is 1.35. The van der Waals surface area contributed by atoms with Gasteiger partial charge in [0.2, 0.25) is 12.5 Å². The first-order valence-corrected chi connectivity index (χ1v) is 15.2. The van der Waals surface area contributed by atoms with Crippen LogP contribution in [0.4, 0.5) is 15.9 Å². The maximum atomic E-state index is 13.8. The van der Waals surface area contributed by atoms with E-state index in [1.54, 1.807) is 7.05 Å². The zero-order chi connectivity index (χ0) is 31.8. The summed E-state index contributed by atoms with van der Waals surface area (Å²) in [5.41, 5.74) is 2.66. The second-order valence-corrected chi connectivity index (χ2v) is 11.9. The molecule has 0 aliphatic carbocycles. The number of likely N-dealkylation sites (tertiary alicyclic amines) is 1. The van der Waals surface area contributed by atoms with Gasteiger partial charge in [-0.15, -0.1) is 0 Å². The predicted molar refractivity (Wildman–Crippen MR) is 168 cm³/mol. The van der Waals surface area contributed by atoms with Gasteiger partial charge < -0.3 is 34.3 Å². The lowest BCUT2D eigenvalue weighted by Gasteiger charge is -2.41. The van der Waals surface area contributed by atoms with E-state index in [1.807, 2.05) is 41.3 Å². The Morgan fingerprint density at radius 1 is 1.20 bits per heavy atom. The van der Waals surface area contributed by atoms with Gasteiger partial charge in [-0.25, -0.2) is 11.0 Å². The number of aliphatic hydroxyl groups is 1. The number of likely N-dealkylation sites (N-methyl/N-ethyl adjacent to an activating group) is 1. The number of carbonyl (C=O) groups is 2. The molecule has 0 bridgehead atoms. The predicted octanol–water partition coefficient (Wildman–Crippen LogP) is 3.24. The van der Waals surface area contributed by atoms with Gasteiger partial charge in [0.25, 0.3) is 5.91 Å². The molecule has 6 rings (SSSR count). The van der Waals surface area contributed by atoms with Crippen LogP contribution in [-0.4, -0.2) is 101 Å². The van der Waals surface area contributed by atoms with Crippen LogP contribution in [-0.2, 0) is 22.6 Å². The summed E-state index contributed by atoms with van der Waals surface area (Å²) in [5, 5.41) is 13.1. The van der Waals surface area contributed by atoms with Gasteiger partial charge in [-0.1, -0.05) is 42.4 Å². The van der Waals surface area contributed by atoms with Crippen LogP contribution in [0.5, 0.6) is 6.01 Å². The van der Waals surface area contributed by atoms with Gasteiger partial charge in [-0.05, 0) is 23.9 Å². The Labute approximate surface area is 265 Å². The molecule has 1 N–H and O–H groups in total. The highest BCUT2D eigenvalue weighted by Crippen LogP contribution is 2.37. The van der Waals surface area contributed by atoms with Crippen molar-refractivity contribution >= 4 is 45.7 Å². The minimum Gasteiger partial charge on any atom is -0.461 e. The van der Waals surface area contributed by atoms with E-state index in [-0.39, 0.29) is 44.6 Å². The van der Waals surface area contributed by atoms with Crippen LogP contribution in [0.3, 0.4) is 0 Å². The number of anilines is 2. The number of aromatic nitrogens is 2. The fourth-order valence-corrected chi connectivity index (χ4v) is 6.76. The minimum atomic E-state index is -1.06. The molecule has 0 saturated carbocycles. The van der Waals surface area contributed by atoms with Crippen LogP contribution in [0.15, 0.2) is 48.8 Å². The summed E-state index contributed by atoms with van der Waals surface area (Å²) in [5.74, 6) is -1.40. The number of rotatable bonds is 7. The molecule has 3 aliphatic heterocycles. The number of fused-ring (bicyclic) bond motifs is 2. The van der Waals surface area contributed by atoms with Crippen LogP contribution < -0.4 is 14.5 Å². The zero-order valence-corrected chi connectivity index (χ0v) is 25.6. The van der Waals surface area contributed by atoms with Gasteiger partial charge >= 0.3 is 6.01 Å². The number of hydrogen-bond acceptors (Lipinski definition) is 8. The molecule has 3 aliphatic rings. The molecular weight excluding hydrogens is 601 g/mol. The quantitative estimate of drug-likeness (QED) is 0.312. The first-order chi connectivity index (χ1) is 21.7. The maximum Gasteiger partial charge on any atom is 0.318 e. The summed E-state index contributed by atoms with van der Waals surface area (Å²) < 4.78 is 19.9. The molecule has 0 spiro atoms. The Morgan fingerprint density at radius 3 is 2.69 bits per heavy atom. The number of ether oxygens (including phenoxy) is 1. The average Bonchev–Trinajstić information content (AvgIpc) is 3.28. The third kappa shape index (κ3) is 5.85. The van der Waals surface area contributed by atoms with Gasteiger partial charge in [0.1, 0.15) is 18.5 Å². The monoisotopic (exact) mass is 633 g/mol. The highest BCUT2D eigenvalue weighted by atomic mass is 35.5. The second-order valence-electron chi connectivity index (χ2n) is 11.5. The Hall–Kier alpha value is -4.47. The van der Waals surface area contributed by atoms with Crippen molar-refractivity contribution in [2.45, 2.75) is 37.6 Å². The van der Waals surface area contributed by atoms with Gasteiger partial charge in [0, 0.05) is 49.9 Å². The molecule has 234 valence electrons. The zero-order valence-electron chi connectivity index (χ0n) is 24.8. The Kier molecular flexibility index (Phi) is 8.48. The van der Waals surface area contributed by atoms with Crippen molar-refractivity contribution in [3.63, 3.8) is 0 Å². The van der Waals surface area contributed by atoms with Crippen LogP contribution in [0.2, 0.25) is 5.02 Å². The van der Waals surface area contributed by atoms with Crippen LogP contribution in [0, 0.1) is 6.57 Å². The van der Waals surface area contributed by atoms with E-state index in [0.717, 1.165) is 27.7 Å². The summed E-state index contributed by atoms with van der Waals surface area (Å²) in [7, 11) is 1.63. The third-order valence-corrected chi connectivity index (χ3v) is 9.19. The van der Waals surface area contributed by atoms with Crippen molar-refractivity contribution in [3.8, 4) is 6.01 Å². The van der Waals surface area contributed by atoms with E-state index in [1.165, 1.54) is 9.80 Å². The molecule has 45 heavy (non-hydrogen) atoms. The summed E-state index contributed by atoms with van der Waals surface area (Å²) in [6.07, 6.45) is -0.227. The van der Waals surface area contributed by atoms with Crippen LogP contribution in [0.1, 0.15) is 17.7 Å². The standard InChI is InChI=1S/C32H33ClFN7O4/c1-19(34)31(44)41-13-12-40(16-21(41)15-35-2)30-22-10-11-39(25-9-5-7-20-6-4-8-23(33)29(20)25)17-24(22)36-32(37-30)45-18-26-27(42)14-28(43)38(26)3/h4-9,21,26-27,42H,1,10-18H2,3H3/t21-,26+,27+/m0/s1. The summed E-state index contributed by atoms with van der Waals surface area (Å²) in [6.45, 7) is 12.5. The number of nitrogens with zero attached hydrogens (tertiary/aromatic N) is 7. The molecule has 0 unspecified atom stereocenters. The van der Waals surface area contributed by atoms with Crippen molar-refractivity contribution in [1.29, 1.82) is 0 Å². The largest absolute Gasteiger partial charge is 0.461 e. The van der Waals surface area contributed by atoms with Crippen LogP contribution in [0.25, 0.3) is 15.6 Å². The number of benzene rings is 2. The molecule has 3 aromatic rings. The van der Waals surface area contributed by atoms with Crippen molar-refractivity contribution in [2.75, 3.05) is 56.2 Å². The van der Waals surface area contributed by atoms with Crippen molar-refractivity contribution < 1.29 is 23.8 Å². The lowest BCUT2D eigenvalue weighted by atomic mass is 10.0. The topological polar surface area (TPSA) is 107 Å². The lowest BCUT2D eigenvalue weighted by molar-refractivity contribution is -0.131. The van der Waals surface area contributed by atoms with Gasteiger partial charge in [0.15, 0.2) is 5.83 Å². The number of amides is 2. The molecule has 4 heterocycles. The maximum absolute atomic E-state index is 13.8. The molecule has 2 amide bonds. The number of aliphatic hydroxyl groups excluding tert-OH is 1. The van der Waals surface area contributed by atoms with E-state index in [4.69, 9.17) is 32.9 Å². The number of carbonyl (C=O) groups excluding carboxylic acids is 2. The van der Waals surface area contributed by atoms with E-state index in [2.05, 4.69) is 16.3 Å². The molecule has 13 heteroatoms. The minimum absolute atomic E-state index is 0.00169. The molecular formula is C32H33ClFN7O4. The summed E-state index contributed by atoms with van der Waals surface area (Å²) in [4.78, 5) is 44.8. The first-order valence-electron chi connectivity index (χ1n) is 14.8. The summed E-state index contributed by atoms with van der Waals surface area (Å²) in [6, 6.07) is 10.9.